The number of nitrogens with zero attached hydrogens (tertiary/aromatic N) is 3. The summed E-state index contributed by atoms with van der Waals surface area (Å²) in [7, 11) is 0. The van der Waals surface area contributed by atoms with Crippen LogP contribution in [0.15, 0.2) is 60.8 Å². The van der Waals surface area contributed by atoms with Crippen LogP contribution >= 0.6 is 0 Å². The highest BCUT2D eigenvalue weighted by Gasteiger charge is 2.48. The normalized spacial score (nSPS) is 16.8. The molecule has 1 aliphatic heterocycles. The van der Waals surface area contributed by atoms with E-state index in [-0.39, 0.29) is 23.6 Å². The van der Waals surface area contributed by atoms with E-state index < -0.39 is 41.1 Å². The Kier molecular flexibility index (Phi) is 6.49. The van der Waals surface area contributed by atoms with Crippen molar-refractivity contribution in [2.45, 2.75) is 46.4 Å². The van der Waals surface area contributed by atoms with Crippen LogP contribution in [-0.4, -0.2) is 32.5 Å². The maximum Gasteiger partial charge on any atom is 0.412 e. The molecule has 4 aromatic rings. The number of halogens is 2. The zero-order valence-corrected chi connectivity index (χ0v) is 21.9. The molecule has 0 aliphatic carbocycles. The molecule has 0 saturated heterocycles. The number of benzene rings is 2. The molecule has 202 valence electrons. The number of hydrogen-bond acceptors (Lipinski definition) is 4. The van der Waals surface area contributed by atoms with Gasteiger partial charge in [0.25, 0.3) is 5.91 Å². The van der Waals surface area contributed by atoms with Crippen LogP contribution in [0.5, 0.6) is 5.75 Å². The second kappa shape index (κ2) is 9.68. The number of amides is 2. The van der Waals surface area contributed by atoms with Gasteiger partial charge in [-0.05, 0) is 42.7 Å². The van der Waals surface area contributed by atoms with Crippen molar-refractivity contribution in [2.75, 3.05) is 4.90 Å². The average Bonchev–Trinajstić information content (AvgIpc) is 3.38. The van der Waals surface area contributed by atoms with Gasteiger partial charge in [0.2, 0.25) is 0 Å². The zero-order valence-electron chi connectivity index (χ0n) is 21.9. The monoisotopic (exact) mass is 534 g/mol. The summed E-state index contributed by atoms with van der Waals surface area (Å²) in [5.41, 5.74) is 1.48. The van der Waals surface area contributed by atoms with Gasteiger partial charge < -0.3 is 15.2 Å². The molecular formula is C29H28F2N4O4. The summed E-state index contributed by atoms with van der Waals surface area (Å²) in [6, 6.07) is 12.8. The van der Waals surface area contributed by atoms with Crippen molar-refractivity contribution in [1.29, 1.82) is 0 Å². The number of aromatic nitrogens is 2. The predicted molar refractivity (Wildman–Crippen MR) is 141 cm³/mol. The Balaban J connectivity index is 1.49. The molecule has 8 nitrogen and oxygen atoms in total. The van der Waals surface area contributed by atoms with E-state index >= 15 is 0 Å². The summed E-state index contributed by atoms with van der Waals surface area (Å²) >= 11 is 0. The Morgan fingerprint density at radius 3 is 2.41 bits per heavy atom. The molecule has 0 saturated carbocycles. The van der Waals surface area contributed by atoms with Crippen molar-refractivity contribution in [1.82, 2.24) is 14.7 Å². The maximum absolute atomic E-state index is 14.1. The van der Waals surface area contributed by atoms with Crippen molar-refractivity contribution in [3.63, 3.8) is 0 Å². The molecule has 0 radical (unpaired) electrons. The fourth-order valence-corrected chi connectivity index (χ4v) is 5.28. The van der Waals surface area contributed by atoms with E-state index in [0.717, 1.165) is 12.1 Å². The molecule has 0 bridgehead atoms. The number of imidazole rings is 1. The molecule has 2 unspecified atom stereocenters. The van der Waals surface area contributed by atoms with E-state index in [0.29, 0.717) is 22.6 Å². The van der Waals surface area contributed by atoms with Gasteiger partial charge in [0.15, 0.2) is 11.4 Å². The van der Waals surface area contributed by atoms with Crippen LogP contribution in [0.4, 0.5) is 19.3 Å². The smallest absolute Gasteiger partial charge is 0.412 e. The molecule has 5 rings (SSSR count). The molecule has 3 heterocycles. The minimum atomic E-state index is -1.10. The Bertz CT molecular complexity index is 1570. The van der Waals surface area contributed by atoms with E-state index in [4.69, 9.17) is 4.74 Å². The molecule has 2 atom stereocenters. The summed E-state index contributed by atoms with van der Waals surface area (Å²) in [5.74, 6) is -1.64. The van der Waals surface area contributed by atoms with Crippen LogP contribution in [0.1, 0.15) is 54.1 Å². The summed E-state index contributed by atoms with van der Waals surface area (Å²) in [4.78, 5) is 31.9. The number of nitrogens with one attached hydrogen (secondary N) is 1. The van der Waals surface area contributed by atoms with E-state index in [9.17, 15) is 23.5 Å². The van der Waals surface area contributed by atoms with Crippen LogP contribution < -0.4 is 15.0 Å². The van der Waals surface area contributed by atoms with Crippen LogP contribution in [0.3, 0.4) is 0 Å². The largest absolute Gasteiger partial charge is 0.485 e. The lowest BCUT2D eigenvalue weighted by Gasteiger charge is -2.37. The molecule has 10 heteroatoms. The first-order valence-electron chi connectivity index (χ1n) is 12.4. The minimum absolute atomic E-state index is 0.211. The van der Waals surface area contributed by atoms with E-state index in [1.54, 1.807) is 41.8 Å². The lowest BCUT2D eigenvalue weighted by molar-refractivity contribution is 0.0910. The van der Waals surface area contributed by atoms with Gasteiger partial charge >= 0.3 is 6.09 Å². The third kappa shape index (κ3) is 4.56. The predicted octanol–water partition coefficient (Wildman–Crippen LogP) is 5.88. The highest BCUT2D eigenvalue weighted by atomic mass is 19.1. The molecular weight excluding hydrogens is 506 g/mol. The molecule has 39 heavy (non-hydrogen) atoms. The number of pyridine rings is 1. The fourth-order valence-electron chi connectivity index (χ4n) is 5.28. The van der Waals surface area contributed by atoms with Crippen molar-refractivity contribution in [3.05, 3.63) is 94.9 Å². The van der Waals surface area contributed by atoms with E-state index in [2.05, 4.69) is 10.3 Å². The molecule has 0 fully saturated rings. The summed E-state index contributed by atoms with van der Waals surface area (Å²) in [5, 5.41) is 13.1. The lowest BCUT2D eigenvalue weighted by atomic mass is 9.81. The number of carbonyl (C=O) groups excluding carboxylic acids is 1. The number of carbonyl (C=O) groups is 2. The second-order valence-corrected chi connectivity index (χ2v) is 10.6. The molecule has 2 aromatic heterocycles. The third-order valence-corrected chi connectivity index (χ3v) is 6.94. The second-order valence-electron chi connectivity index (χ2n) is 10.6. The number of para-hydroxylation sites is 1. The van der Waals surface area contributed by atoms with Crippen LogP contribution in [0, 0.1) is 24.0 Å². The van der Waals surface area contributed by atoms with Crippen molar-refractivity contribution in [3.8, 4) is 5.75 Å². The fraction of sp³-hybridized carbons (Fsp3) is 0.276. The highest BCUT2D eigenvalue weighted by molar-refractivity contribution is 5.97. The summed E-state index contributed by atoms with van der Waals surface area (Å²) < 4.78 is 35.5. The van der Waals surface area contributed by atoms with Crippen LogP contribution in [-0.2, 0) is 6.61 Å². The van der Waals surface area contributed by atoms with Gasteiger partial charge in [-0.15, -0.1) is 0 Å². The van der Waals surface area contributed by atoms with Crippen molar-refractivity contribution in [2.24, 2.45) is 5.41 Å². The first-order valence-corrected chi connectivity index (χ1v) is 12.4. The maximum atomic E-state index is 14.1. The zero-order chi connectivity index (χ0) is 28.1. The molecule has 1 aliphatic rings. The van der Waals surface area contributed by atoms with Gasteiger partial charge in [0.1, 0.15) is 23.9 Å². The van der Waals surface area contributed by atoms with E-state index in [1.165, 1.54) is 11.0 Å². The van der Waals surface area contributed by atoms with Gasteiger partial charge in [-0.3, -0.25) is 14.1 Å². The molecule has 0 spiro atoms. The minimum Gasteiger partial charge on any atom is -0.485 e. The number of hydrogen-bond donors (Lipinski definition) is 2. The summed E-state index contributed by atoms with van der Waals surface area (Å²) in [6.07, 6.45) is 0.548. The number of ether oxygens (including phenoxy) is 1. The van der Waals surface area contributed by atoms with Crippen molar-refractivity contribution < 1.29 is 28.2 Å². The topological polar surface area (TPSA) is 96.2 Å². The molecule has 2 aromatic carbocycles. The number of aryl methyl sites for hydroxylation is 1. The first-order chi connectivity index (χ1) is 18.5. The van der Waals surface area contributed by atoms with Gasteiger partial charge in [0, 0.05) is 11.8 Å². The Hall–Kier alpha value is -4.47. The van der Waals surface area contributed by atoms with Crippen LogP contribution in [0.25, 0.3) is 5.65 Å². The highest BCUT2D eigenvalue weighted by Crippen LogP contribution is 2.46. The Labute approximate surface area is 223 Å². The standard InChI is InChI=1S/C29H28F2N4O4/c1-16-24(34-14-8-13-22(26(34)32-16)39-15-18-19(30)10-7-11-20(18)31)27(36)33-23-17-9-5-6-12-21(17)35(28(37)38)25(23)29(2,3)4/h5-14,23,25H,15H2,1-4H3,(H,33,36)(H,37,38). The SMILES string of the molecule is Cc1nc2c(OCc3c(F)cccc3F)cccn2c1C(=O)NC1c2ccccc2N(C(=O)O)C1C(C)(C)C. The lowest BCUT2D eigenvalue weighted by Crippen LogP contribution is -2.50. The van der Waals surface area contributed by atoms with E-state index in [1.807, 2.05) is 32.9 Å². The average molecular weight is 535 g/mol. The third-order valence-electron chi connectivity index (χ3n) is 6.94. The van der Waals surface area contributed by atoms with Gasteiger partial charge in [-0.2, -0.15) is 0 Å². The Morgan fingerprint density at radius 2 is 1.74 bits per heavy atom. The van der Waals surface area contributed by atoms with Gasteiger partial charge in [-0.1, -0.05) is 45.0 Å². The number of rotatable bonds is 5. The molecule has 2 N–H and O–H groups in total. The number of fused-ring (bicyclic) bond motifs is 2. The van der Waals surface area contributed by atoms with Crippen molar-refractivity contribution >= 4 is 23.3 Å². The van der Waals surface area contributed by atoms with Crippen LogP contribution in [0.2, 0.25) is 0 Å². The van der Waals surface area contributed by atoms with Gasteiger partial charge in [0.05, 0.1) is 29.0 Å². The Morgan fingerprint density at radius 1 is 1.05 bits per heavy atom. The van der Waals surface area contributed by atoms with Gasteiger partial charge in [-0.25, -0.2) is 18.6 Å². The first kappa shape index (κ1) is 26.1. The number of carboxylic acid groups (broad SMARTS) is 1. The quantitative estimate of drug-likeness (QED) is 0.333. The molecule has 2 amide bonds. The number of anilines is 1. The summed E-state index contributed by atoms with van der Waals surface area (Å²) in [6.45, 7) is 7.11.